The molecule has 137 heavy (non-hydrogen) atoms. The van der Waals surface area contributed by atoms with E-state index in [0.717, 1.165) is 208 Å². The second-order valence-corrected chi connectivity index (χ2v) is 32.5. The second kappa shape index (κ2) is 58.5. The Labute approximate surface area is 883 Å². The van der Waals surface area contributed by atoms with E-state index in [9.17, 15) is 0 Å². The van der Waals surface area contributed by atoms with E-state index in [4.69, 9.17) is 4.15 Å². The Morgan fingerprint density at radius 3 is 1.07 bits per heavy atom. The molecule has 0 bridgehead atoms. The first kappa shape index (κ1) is 109. The summed E-state index contributed by atoms with van der Waals surface area (Å²) in [5, 5.41) is 22.3. The van der Waals surface area contributed by atoms with Crippen LogP contribution >= 0.6 is 0 Å². The van der Waals surface area contributed by atoms with Crippen molar-refractivity contribution >= 4 is 0 Å². The van der Waals surface area contributed by atoms with Gasteiger partial charge >= 0.3 is 0 Å². The molecule has 0 saturated heterocycles. The van der Waals surface area contributed by atoms with Gasteiger partial charge in [-0.1, -0.05) is 130 Å². The molecule has 5 radical (unpaired) electrons. The maximum absolute atomic E-state index is 7.57. The zero-order valence-corrected chi connectivity index (χ0v) is 93.8. The van der Waals surface area contributed by atoms with Crippen LogP contribution < -0.4 is 0 Å². The van der Waals surface area contributed by atoms with Gasteiger partial charge in [0.05, 0.1) is 52.9 Å². The quantitative estimate of drug-likeness (QED) is 0.0625. The molecule has 8 aromatic heterocycles. The molecular weight excluding hydrogens is 2590 g/mol. The molecule has 10 aromatic carbocycles. The van der Waals surface area contributed by atoms with Crippen molar-refractivity contribution in [1.29, 1.82) is 0 Å². The van der Waals surface area contributed by atoms with Gasteiger partial charge in [0.15, 0.2) is 1.41 Å². The molecule has 0 unspecified atom stereocenters. The zero-order valence-electron chi connectivity index (χ0n) is 84.8. The van der Waals surface area contributed by atoms with Gasteiger partial charge in [-0.05, 0) is 82.9 Å². The number of nitrogens with one attached hydrogen (secondary N) is 1. The first-order chi connectivity index (χ1) is 65.1. The third-order valence-corrected chi connectivity index (χ3v) is 20.8. The molecule has 0 amide bonds. The normalized spacial score (nSPS) is 10.6. The van der Waals surface area contributed by atoms with Gasteiger partial charge in [0.2, 0.25) is 0 Å². The van der Waals surface area contributed by atoms with Gasteiger partial charge in [0, 0.05) is 213 Å². The maximum Gasteiger partial charge on any atom is 0.190 e. The molecule has 0 aliphatic rings. The van der Waals surface area contributed by atoms with Crippen molar-refractivity contribution in [3.8, 4) is 108 Å². The predicted octanol–water partition coefficient (Wildman–Crippen LogP) is 23.4. The Morgan fingerprint density at radius 1 is 0.321 bits per heavy atom. The van der Waals surface area contributed by atoms with Gasteiger partial charge in [-0.25, -0.2) is 5.10 Å². The van der Waals surface area contributed by atoms with Crippen LogP contribution in [0.25, 0.3) is 108 Å². The molecule has 26 heteroatoms. The third kappa shape index (κ3) is 33.8. The first-order valence-corrected chi connectivity index (χ1v) is 45.3. The Morgan fingerprint density at radius 2 is 0.679 bits per heavy atom. The molecule has 0 fully saturated rings. The monoisotopic (exact) mass is 2720 g/mol. The molecular formula is C111H123Ir5N21-8. The van der Waals surface area contributed by atoms with Crippen molar-refractivity contribution in [1.82, 2.24) is 103 Å². The Balaban J connectivity index is 0.000000245. The van der Waals surface area contributed by atoms with Gasteiger partial charge in [-0.15, -0.1) is 285 Å². The summed E-state index contributed by atoms with van der Waals surface area (Å²) in [6.45, 7) is 29.6. The summed E-state index contributed by atoms with van der Waals surface area (Å²) in [6, 6.07) is 87.9. The van der Waals surface area contributed by atoms with Gasteiger partial charge in [-0.2, -0.15) is 20.4 Å². The fourth-order valence-electron chi connectivity index (χ4n) is 14.7. The second-order valence-electron chi connectivity index (χ2n) is 32.5. The molecule has 725 valence electrons. The van der Waals surface area contributed by atoms with E-state index in [0.29, 0.717) is 17.9 Å². The number of nitrogens with zero attached hydrogens (tertiary/aromatic N) is 20. The van der Waals surface area contributed by atoms with Gasteiger partial charge < -0.3 is 13.7 Å². The summed E-state index contributed by atoms with van der Waals surface area (Å²) >= 11 is 0. The number of hydrogen-bond acceptors (Lipinski definition) is 13. The third-order valence-electron chi connectivity index (χ3n) is 20.8. The van der Waals surface area contributed by atoms with Crippen LogP contribution in [0.5, 0.6) is 0 Å². The molecule has 18 rings (SSSR count). The standard InChI is InChI=1S/C20H22N3.C18H17N2.C14H17N2.C13H16N3.C13H15N2.2C12H14N3.C9H8N3.5Ir/c1-5-7-19-21-20(23(4)22-19)17-9-6-8-16(13-17)18-11-14(2)10-15(3)12-18;1-13-6-4-9-16(12-13)18-19-10-11-20(18)17-14(2)7-5-8-15(17)3;1-4-6-13-10-16(3)14(15-13)12-8-5-7-11(2)9-12;1-4-6-12-14-13(16(3)15-12)11-8-5-7-10(2)9-11;1-3-7-12-10-15(2)13(14-12)11-8-5-4-6-9-11;2*1-3-7-11-13-12(15(2)14-11)10-8-5-4-6-9-10;1-7-3-2-4-8(5-7)9-10-6-11-12-9;;;;;/h6,8,10-13H,5,7H2,1-4H3;4-8,10-12H,1-3H3;5,7,9-10H,4,6H2,1-3H3;5,7,9H,4,6H2,1-3H3;4-6,8,10H,3,7H2,1-2H3;2*4-6,8H,3,7H2,1-2H3;2-3,5-6H,1H3,(H,10,11,12);;;;;/q8*-1;;;;;/i;;;;;2*5D;;;;;;/hD. The van der Waals surface area contributed by atoms with E-state index >= 15 is 0 Å². The number of para-hydroxylation sites is 1. The van der Waals surface area contributed by atoms with Crippen molar-refractivity contribution in [3.05, 3.63) is 359 Å². The fourth-order valence-corrected chi connectivity index (χ4v) is 14.7. The summed E-state index contributed by atoms with van der Waals surface area (Å²) < 4.78 is 35.7. The summed E-state index contributed by atoms with van der Waals surface area (Å²) in [5.41, 5.74) is 23.4. The minimum Gasteiger partial charge on any atom is -0.373 e. The van der Waals surface area contributed by atoms with E-state index < -0.39 is 0 Å². The molecule has 8 heterocycles. The van der Waals surface area contributed by atoms with Crippen LogP contribution in [0.1, 0.15) is 162 Å². The van der Waals surface area contributed by atoms with Gasteiger partial charge in [0.25, 0.3) is 0 Å². The van der Waals surface area contributed by atoms with Crippen molar-refractivity contribution in [2.24, 2.45) is 42.3 Å². The van der Waals surface area contributed by atoms with E-state index in [-0.39, 0.29) is 101 Å². The average Bonchev–Trinajstić information content (AvgIpc) is 1.61. The first-order valence-electron chi connectivity index (χ1n) is 46.7. The minimum absolute atomic E-state index is 0. The number of aryl methyl sites for hydroxylation is 20. The topological polar surface area (TPSA) is 218 Å². The summed E-state index contributed by atoms with van der Waals surface area (Å²) in [6.07, 6.45) is 21.6. The summed E-state index contributed by atoms with van der Waals surface area (Å²) in [7, 11) is 11.7. The number of benzene rings is 10. The smallest absolute Gasteiger partial charge is 0.190 e. The number of imidazole rings is 3. The number of aromatic nitrogens is 21. The zero-order chi connectivity index (χ0) is 96.6. The van der Waals surface area contributed by atoms with Crippen LogP contribution in [0.2, 0.25) is 1.41 Å². The predicted molar refractivity (Wildman–Crippen MR) is 532 cm³/mol. The van der Waals surface area contributed by atoms with Crippen LogP contribution in [0.3, 0.4) is 0 Å². The molecule has 0 atom stereocenters. The van der Waals surface area contributed by atoms with Gasteiger partial charge in [-0.3, -0.25) is 63.7 Å². The van der Waals surface area contributed by atoms with E-state index in [2.05, 4.69) is 309 Å². The van der Waals surface area contributed by atoms with Crippen molar-refractivity contribution in [2.45, 2.75) is 174 Å². The molecule has 18 aromatic rings. The number of H-pyrrole nitrogens is 1. The van der Waals surface area contributed by atoms with Crippen LogP contribution in [-0.4, -0.2) is 103 Å². The van der Waals surface area contributed by atoms with E-state index in [1.54, 1.807) is 45.8 Å². The van der Waals surface area contributed by atoms with Crippen molar-refractivity contribution in [3.63, 3.8) is 0 Å². The molecule has 1 N–H and O–H groups in total. The number of rotatable bonds is 22. The van der Waals surface area contributed by atoms with Gasteiger partial charge in [0.1, 0.15) is 23.3 Å². The van der Waals surface area contributed by atoms with Crippen LogP contribution in [0.15, 0.2) is 231 Å². The molecule has 0 aliphatic carbocycles. The average molecular weight is 2720 g/mol. The van der Waals surface area contributed by atoms with Crippen LogP contribution in [0, 0.1) is 104 Å². The Bertz CT molecular complexity index is 6410. The number of aromatic amines is 1. The Kier molecular flexibility index (Phi) is 46.7. The minimum atomic E-state index is 0. The summed E-state index contributed by atoms with van der Waals surface area (Å²) in [4.78, 5) is 35.8. The molecule has 21 nitrogen and oxygen atoms in total. The van der Waals surface area contributed by atoms with Crippen molar-refractivity contribution in [2.75, 3.05) is 0 Å². The molecule has 0 spiro atoms. The maximum atomic E-state index is 7.57. The van der Waals surface area contributed by atoms with Crippen LogP contribution in [0.4, 0.5) is 0 Å². The van der Waals surface area contributed by atoms with Crippen LogP contribution in [-0.2, 0) is 181 Å². The largest absolute Gasteiger partial charge is 0.373 e. The van der Waals surface area contributed by atoms with E-state index in [1.165, 1.54) is 62.1 Å². The van der Waals surface area contributed by atoms with Crippen molar-refractivity contribution < 1.29 is 105 Å². The SMILES string of the molecule is CCCc1cn(C)c(-c2[c-]ccc(C)c2)n1.CCCc1cn(C)c(-c2[c-]cccc2)n1.CCCc1nc(-c2[c-]ccc(-c3cc(C)cc(C)c3)c2)n(C)n1.CCCc1nc(-c2[c-]ccc(C)c2)n(C)n1.Cc1cc[c-]c(-c2nccn2-c2c(C)cccc2C)c1.[2H]c1cc[c-]c(-c2nc(CCC)nn2C)c1.[2H]c1cc[c-]c(-c2nc(CCC)nn2C)c1.[2H]n1cnc(-c2[c-]ccc(C)c2)n1.[Ir].[Ir].[Ir].[Ir].[Ir]. The molecule has 0 aliphatic heterocycles. The fraction of sp³-hybridized carbons (Fsp3) is 0.288. The number of hydrogen-bond donors (Lipinski definition) is 1. The Hall–Kier alpha value is -11.2. The van der Waals surface area contributed by atoms with E-state index in [1.807, 2.05) is 144 Å². The molecule has 0 saturated carbocycles. The summed E-state index contributed by atoms with van der Waals surface area (Å²) in [5.74, 6) is 10.3.